The molecule has 0 spiro atoms. The molecule has 2 atom stereocenters. The Morgan fingerprint density at radius 3 is 2.45 bits per heavy atom. The Balaban J connectivity index is 2.66. The molecular weight excluding hydrogens is 366 g/mol. The number of amides is 1. The van der Waals surface area contributed by atoms with Gasteiger partial charge in [-0.1, -0.05) is 44.2 Å². The van der Waals surface area contributed by atoms with Gasteiger partial charge in [0.1, 0.15) is 5.60 Å². The van der Waals surface area contributed by atoms with Gasteiger partial charge < -0.3 is 20.5 Å². The van der Waals surface area contributed by atoms with Gasteiger partial charge in [0.2, 0.25) is 0 Å². The number of nitriles is 1. The van der Waals surface area contributed by atoms with E-state index in [-0.39, 0.29) is 5.41 Å². The van der Waals surface area contributed by atoms with Crippen LogP contribution in [0.5, 0.6) is 0 Å². The number of ether oxygens (including phenoxy) is 1. The highest BCUT2D eigenvalue weighted by Crippen LogP contribution is 2.22. The number of hydrogen-bond donors (Lipinski definition) is 3. The van der Waals surface area contributed by atoms with Crippen molar-refractivity contribution in [1.29, 1.82) is 5.26 Å². The van der Waals surface area contributed by atoms with Crippen molar-refractivity contribution in [2.24, 2.45) is 5.41 Å². The molecule has 0 aromatic heterocycles. The van der Waals surface area contributed by atoms with Crippen LogP contribution in [0.1, 0.15) is 59.4 Å². The van der Waals surface area contributed by atoms with E-state index >= 15 is 0 Å². The van der Waals surface area contributed by atoms with Crippen molar-refractivity contribution in [3.05, 3.63) is 35.9 Å². The maximum Gasteiger partial charge on any atom is 0.407 e. The summed E-state index contributed by atoms with van der Waals surface area (Å²) < 4.78 is 5.36. The van der Waals surface area contributed by atoms with Crippen molar-refractivity contribution in [3.8, 4) is 6.07 Å². The number of unbranched alkanes of at least 4 members (excludes halogenated alkanes) is 1. The van der Waals surface area contributed by atoms with Crippen LogP contribution in [-0.4, -0.2) is 42.0 Å². The van der Waals surface area contributed by atoms with Crippen LogP contribution in [0.2, 0.25) is 0 Å². The van der Waals surface area contributed by atoms with Crippen LogP contribution in [0.25, 0.3) is 0 Å². The summed E-state index contributed by atoms with van der Waals surface area (Å²) in [5.74, 6) is 0. The van der Waals surface area contributed by atoms with E-state index in [4.69, 9.17) is 10.00 Å². The molecule has 1 amide bonds. The lowest BCUT2D eigenvalue weighted by Gasteiger charge is -2.29. The minimum Gasteiger partial charge on any atom is -0.444 e. The van der Waals surface area contributed by atoms with Gasteiger partial charge in [-0.05, 0) is 51.0 Å². The summed E-state index contributed by atoms with van der Waals surface area (Å²) in [5.41, 5.74) is 0.465. The van der Waals surface area contributed by atoms with Gasteiger partial charge in [0.25, 0.3) is 0 Å². The third kappa shape index (κ3) is 11.5. The first-order valence-corrected chi connectivity index (χ1v) is 10.3. The molecule has 1 rings (SSSR count). The standard InChI is InChI=1S/C23H37N3O3/c1-22(2,3)29-21(28)26-19(15-18-11-7-6-8-12-18)20(27)16-25-17-23(4,5)13-9-10-14-24/h6-8,11-12,19-20,25,27H,9-10,13,15-17H2,1-5H3,(H,26,28)/t19-,20?/m0/s1. The minimum atomic E-state index is -0.766. The van der Waals surface area contributed by atoms with Crippen molar-refractivity contribution in [2.45, 2.75) is 78.0 Å². The number of rotatable bonds is 11. The highest BCUT2D eigenvalue weighted by Gasteiger charge is 2.25. The third-order valence-electron chi connectivity index (χ3n) is 4.56. The average Bonchev–Trinajstić information content (AvgIpc) is 2.60. The molecule has 3 N–H and O–H groups in total. The molecule has 0 saturated carbocycles. The highest BCUT2D eigenvalue weighted by molar-refractivity contribution is 5.68. The SMILES string of the molecule is CC(C)(CCCC#N)CNCC(O)[C@H](Cc1ccccc1)NC(=O)OC(C)(C)C. The summed E-state index contributed by atoms with van der Waals surface area (Å²) >= 11 is 0. The van der Waals surface area contributed by atoms with E-state index in [0.717, 1.165) is 24.9 Å². The van der Waals surface area contributed by atoms with Gasteiger partial charge in [0.05, 0.1) is 18.2 Å². The molecule has 0 heterocycles. The predicted molar refractivity (Wildman–Crippen MR) is 115 cm³/mol. The van der Waals surface area contributed by atoms with Crippen LogP contribution in [0.15, 0.2) is 30.3 Å². The van der Waals surface area contributed by atoms with E-state index in [0.29, 0.717) is 19.4 Å². The summed E-state index contributed by atoms with van der Waals surface area (Å²) in [5, 5.41) is 25.6. The molecule has 0 aliphatic heterocycles. The van der Waals surface area contributed by atoms with E-state index in [9.17, 15) is 9.90 Å². The second-order valence-corrected chi connectivity index (χ2v) is 9.32. The van der Waals surface area contributed by atoms with Crippen molar-refractivity contribution in [3.63, 3.8) is 0 Å². The molecule has 162 valence electrons. The fourth-order valence-electron chi connectivity index (χ4n) is 3.05. The zero-order valence-corrected chi connectivity index (χ0v) is 18.5. The summed E-state index contributed by atoms with van der Waals surface area (Å²) in [6.07, 6.45) is 1.57. The molecule has 6 nitrogen and oxygen atoms in total. The number of carbonyl (C=O) groups is 1. The Kier molecular flexibility index (Phi) is 10.1. The zero-order valence-electron chi connectivity index (χ0n) is 18.5. The van der Waals surface area contributed by atoms with Crippen molar-refractivity contribution < 1.29 is 14.6 Å². The van der Waals surface area contributed by atoms with E-state index in [2.05, 4.69) is 30.6 Å². The van der Waals surface area contributed by atoms with Gasteiger partial charge in [0.15, 0.2) is 0 Å². The number of nitrogens with zero attached hydrogens (tertiary/aromatic N) is 1. The van der Waals surface area contributed by atoms with Gasteiger partial charge in [-0.2, -0.15) is 5.26 Å². The van der Waals surface area contributed by atoms with Gasteiger partial charge in [-0.3, -0.25) is 0 Å². The van der Waals surface area contributed by atoms with Crippen molar-refractivity contribution >= 4 is 6.09 Å². The molecule has 29 heavy (non-hydrogen) atoms. The number of alkyl carbamates (subject to hydrolysis) is 1. The van der Waals surface area contributed by atoms with Crippen LogP contribution >= 0.6 is 0 Å². The Morgan fingerprint density at radius 2 is 1.86 bits per heavy atom. The molecule has 0 aliphatic rings. The smallest absolute Gasteiger partial charge is 0.407 e. The number of benzene rings is 1. The fourth-order valence-corrected chi connectivity index (χ4v) is 3.05. The topological polar surface area (TPSA) is 94.4 Å². The molecule has 0 aliphatic carbocycles. The van der Waals surface area contributed by atoms with Crippen LogP contribution in [0, 0.1) is 16.7 Å². The number of nitrogens with one attached hydrogen (secondary N) is 2. The lowest BCUT2D eigenvalue weighted by Crippen LogP contribution is -2.50. The zero-order chi connectivity index (χ0) is 21.9. The monoisotopic (exact) mass is 403 g/mol. The second-order valence-electron chi connectivity index (χ2n) is 9.32. The summed E-state index contributed by atoms with van der Waals surface area (Å²) in [7, 11) is 0. The molecule has 0 bridgehead atoms. The number of hydrogen-bond acceptors (Lipinski definition) is 5. The predicted octanol–water partition coefficient (Wildman–Crippen LogP) is 3.79. The highest BCUT2D eigenvalue weighted by atomic mass is 16.6. The Hall–Kier alpha value is -2.10. The molecular formula is C23H37N3O3. The first-order valence-electron chi connectivity index (χ1n) is 10.3. The van der Waals surface area contributed by atoms with Gasteiger partial charge in [-0.25, -0.2) is 4.79 Å². The van der Waals surface area contributed by atoms with Crippen molar-refractivity contribution in [2.75, 3.05) is 13.1 Å². The Morgan fingerprint density at radius 1 is 1.21 bits per heavy atom. The largest absolute Gasteiger partial charge is 0.444 e. The number of carbonyl (C=O) groups excluding carboxylic acids is 1. The second kappa shape index (κ2) is 11.8. The van der Waals surface area contributed by atoms with E-state index in [1.54, 1.807) is 0 Å². The van der Waals surface area contributed by atoms with Crippen LogP contribution < -0.4 is 10.6 Å². The average molecular weight is 404 g/mol. The van der Waals surface area contributed by atoms with Crippen LogP contribution in [-0.2, 0) is 11.2 Å². The summed E-state index contributed by atoms with van der Waals surface area (Å²) in [6.45, 7) is 10.8. The molecule has 0 saturated heterocycles. The maximum absolute atomic E-state index is 12.3. The molecule has 1 unspecified atom stereocenters. The molecule has 1 aromatic carbocycles. The van der Waals surface area contributed by atoms with Gasteiger partial charge in [-0.15, -0.1) is 0 Å². The van der Waals surface area contributed by atoms with Crippen LogP contribution in [0.3, 0.4) is 0 Å². The fraction of sp³-hybridized carbons (Fsp3) is 0.652. The van der Waals surface area contributed by atoms with Crippen LogP contribution in [0.4, 0.5) is 4.79 Å². The number of aliphatic hydroxyl groups is 1. The quantitative estimate of drug-likeness (QED) is 0.489. The third-order valence-corrected chi connectivity index (χ3v) is 4.56. The van der Waals surface area contributed by atoms with E-state index in [1.807, 2.05) is 51.1 Å². The normalized spacial score (nSPS) is 14.0. The molecule has 0 fully saturated rings. The first kappa shape index (κ1) is 24.9. The van der Waals surface area contributed by atoms with Gasteiger partial charge >= 0.3 is 6.09 Å². The Bertz CT molecular complexity index is 648. The maximum atomic E-state index is 12.3. The minimum absolute atomic E-state index is 0.0318. The van der Waals surface area contributed by atoms with E-state index in [1.165, 1.54) is 0 Å². The lowest BCUT2D eigenvalue weighted by molar-refractivity contribution is 0.0420. The molecule has 6 heteroatoms. The Labute approximate surface area is 175 Å². The summed E-state index contributed by atoms with van der Waals surface area (Å²) in [4.78, 5) is 12.3. The molecule has 0 radical (unpaired) electrons. The number of aliphatic hydroxyl groups excluding tert-OH is 1. The summed E-state index contributed by atoms with van der Waals surface area (Å²) in [6, 6.07) is 11.5. The molecule has 1 aromatic rings. The first-order chi connectivity index (χ1) is 13.5. The van der Waals surface area contributed by atoms with E-state index < -0.39 is 23.8 Å². The lowest BCUT2D eigenvalue weighted by atomic mass is 9.87. The van der Waals surface area contributed by atoms with Crippen molar-refractivity contribution in [1.82, 2.24) is 10.6 Å². The van der Waals surface area contributed by atoms with Gasteiger partial charge in [0, 0.05) is 19.5 Å².